The van der Waals surface area contributed by atoms with Crippen molar-refractivity contribution >= 4 is 22.8 Å². The second-order valence-electron chi connectivity index (χ2n) is 8.79. The molecule has 0 aliphatic rings. The summed E-state index contributed by atoms with van der Waals surface area (Å²) in [5, 5.41) is 12.1. The van der Waals surface area contributed by atoms with Gasteiger partial charge in [0.1, 0.15) is 11.2 Å². The van der Waals surface area contributed by atoms with Crippen molar-refractivity contribution in [2.75, 3.05) is 5.32 Å². The Hall–Kier alpha value is -4.53. The highest BCUT2D eigenvalue weighted by Gasteiger charge is 2.18. The maximum Gasteiger partial charge on any atom is 0.263 e. The number of rotatable bonds is 4. The zero-order chi connectivity index (χ0) is 24.9. The molecule has 5 rings (SSSR count). The number of H-pyrrole nitrogens is 1. The summed E-state index contributed by atoms with van der Waals surface area (Å²) in [5.41, 5.74) is 6.44. The van der Waals surface area contributed by atoms with Crippen LogP contribution in [0.1, 0.15) is 38.3 Å². The molecule has 3 heterocycles. The van der Waals surface area contributed by atoms with Gasteiger partial charge >= 0.3 is 0 Å². The van der Waals surface area contributed by atoms with E-state index in [2.05, 4.69) is 25.5 Å². The largest absolute Gasteiger partial charge is 0.306 e. The van der Waals surface area contributed by atoms with E-state index in [0.29, 0.717) is 28.1 Å². The molecule has 0 aliphatic heterocycles. The van der Waals surface area contributed by atoms with Gasteiger partial charge in [0.2, 0.25) is 5.95 Å². The number of anilines is 1. The van der Waals surface area contributed by atoms with Crippen molar-refractivity contribution in [3.63, 3.8) is 0 Å². The Morgan fingerprint density at radius 3 is 2.31 bits per heavy atom. The molecule has 2 N–H and O–H groups in total. The van der Waals surface area contributed by atoms with Gasteiger partial charge in [0, 0.05) is 11.6 Å². The van der Waals surface area contributed by atoms with Crippen molar-refractivity contribution < 1.29 is 4.79 Å². The minimum atomic E-state index is -0.348. The number of aromatic nitrogens is 6. The van der Waals surface area contributed by atoms with Crippen LogP contribution in [0.4, 0.5) is 5.82 Å². The molecule has 176 valence electrons. The second kappa shape index (κ2) is 8.35. The van der Waals surface area contributed by atoms with Crippen LogP contribution in [0.25, 0.3) is 22.7 Å². The van der Waals surface area contributed by atoms with E-state index in [4.69, 9.17) is 0 Å². The van der Waals surface area contributed by atoms with Gasteiger partial charge in [0.25, 0.3) is 11.5 Å². The molecule has 0 saturated heterocycles. The molecule has 1 amide bonds. The van der Waals surface area contributed by atoms with Gasteiger partial charge in [-0.15, -0.1) is 0 Å². The Morgan fingerprint density at radius 2 is 1.60 bits per heavy atom. The van der Waals surface area contributed by atoms with Gasteiger partial charge in [-0.2, -0.15) is 19.9 Å². The monoisotopic (exact) mass is 467 g/mol. The number of hydrogen-bond donors (Lipinski definition) is 2. The molecule has 0 fully saturated rings. The summed E-state index contributed by atoms with van der Waals surface area (Å²) in [6.45, 7) is 9.82. The zero-order valence-corrected chi connectivity index (χ0v) is 20.2. The number of carbonyl (C=O) groups is 1. The molecule has 3 aromatic heterocycles. The molecule has 0 unspecified atom stereocenters. The number of nitrogens with zero attached hydrogens (tertiary/aromatic N) is 5. The molecule has 9 nitrogen and oxygen atoms in total. The van der Waals surface area contributed by atoms with Crippen LogP contribution in [-0.2, 0) is 0 Å². The Labute approximate surface area is 201 Å². The summed E-state index contributed by atoms with van der Waals surface area (Å²) in [5.74, 6) is 0.292. The van der Waals surface area contributed by atoms with Gasteiger partial charge in [0.15, 0.2) is 5.65 Å². The van der Waals surface area contributed by atoms with E-state index < -0.39 is 0 Å². The first-order chi connectivity index (χ1) is 16.7. The number of fused-ring (bicyclic) bond motifs is 1. The fourth-order valence-electron chi connectivity index (χ4n) is 3.87. The average Bonchev–Trinajstić information content (AvgIpc) is 3.41. The molecule has 5 aromatic rings. The molecule has 2 aromatic carbocycles. The molecular formula is C26H25N7O2. The number of benzene rings is 2. The molecule has 0 bridgehead atoms. The highest BCUT2D eigenvalue weighted by Crippen LogP contribution is 2.20. The molecule has 35 heavy (non-hydrogen) atoms. The zero-order valence-electron chi connectivity index (χ0n) is 20.2. The quantitative estimate of drug-likeness (QED) is 0.414. The minimum absolute atomic E-state index is 0.177. The van der Waals surface area contributed by atoms with Gasteiger partial charge in [-0.05, 0) is 81.1 Å². The van der Waals surface area contributed by atoms with Crippen molar-refractivity contribution in [3.8, 4) is 11.6 Å². The highest BCUT2D eigenvalue weighted by molar-refractivity contribution is 6.04. The number of amides is 1. The van der Waals surface area contributed by atoms with Gasteiger partial charge in [-0.25, -0.2) is 4.68 Å². The van der Waals surface area contributed by atoms with Crippen LogP contribution in [0.2, 0.25) is 0 Å². The normalized spacial score (nSPS) is 11.2. The summed E-state index contributed by atoms with van der Waals surface area (Å²) >= 11 is 0. The van der Waals surface area contributed by atoms with E-state index >= 15 is 0 Å². The molecule has 0 spiro atoms. The van der Waals surface area contributed by atoms with Gasteiger partial charge in [-0.1, -0.05) is 12.1 Å². The van der Waals surface area contributed by atoms with Crippen LogP contribution in [0, 0.1) is 34.6 Å². The topological polar surface area (TPSA) is 110 Å². The van der Waals surface area contributed by atoms with Gasteiger partial charge in [-0.3, -0.25) is 14.6 Å². The summed E-state index contributed by atoms with van der Waals surface area (Å²) in [4.78, 5) is 33.3. The second-order valence-corrected chi connectivity index (χ2v) is 8.79. The SMILES string of the molecule is Cc1cc(NC(=O)c2ccc(C)c(C)c2)n(-c2nc3c(cnn3-c3ccc(C)c(C)c3)c(=O)[nH]2)n1. The van der Waals surface area contributed by atoms with Gasteiger partial charge in [0.05, 0.1) is 17.6 Å². The predicted octanol–water partition coefficient (Wildman–Crippen LogP) is 4.09. The van der Waals surface area contributed by atoms with Crippen LogP contribution in [-0.4, -0.2) is 35.4 Å². The van der Waals surface area contributed by atoms with E-state index in [-0.39, 0.29) is 17.4 Å². The molecule has 0 atom stereocenters. The maximum atomic E-state index is 12.9. The van der Waals surface area contributed by atoms with Crippen molar-refractivity contribution in [2.24, 2.45) is 0 Å². The van der Waals surface area contributed by atoms with Crippen molar-refractivity contribution in [1.82, 2.24) is 29.5 Å². The first kappa shape index (κ1) is 22.3. The molecule has 0 aliphatic carbocycles. The molecular weight excluding hydrogens is 442 g/mol. The van der Waals surface area contributed by atoms with Crippen molar-refractivity contribution in [2.45, 2.75) is 34.6 Å². The molecule has 0 saturated carbocycles. The van der Waals surface area contributed by atoms with Crippen LogP contribution < -0.4 is 10.9 Å². The lowest BCUT2D eigenvalue weighted by Crippen LogP contribution is -2.19. The third-order valence-corrected chi connectivity index (χ3v) is 6.20. The third-order valence-electron chi connectivity index (χ3n) is 6.20. The van der Waals surface area contributed by atoms with Gasteiger partial charge < -0.3 is 5.32 Å². The van der Waals surface area contributed by atoms with Crippen LogP contribution in [0.3, 0.4) is 0 Å². The van der Waals surface area contributed by atoms with Crippen LogP contribution >= 0.6 is 0 Å². The third kappa shape index (κ3) is 4.01. The smallest absolute Gasteiger partial charge is 0.263 e. The van der Waals surface area contributed by atoms with Crippen molar-refractivity contribution in [3.05, 3.63) is 92.5 Å². The van der Waals surface area contributed by atoms with E-state index in [1.165, 1.54) is 10.9 Å². The number of nitrogens with one attached hydrogen (secondary N) is 2. The fourth-order valence-corrected chi connectivity index (χ4v) is 3.87. The van der Waals surface area contributed by atoms with E-state index in [0.717, 1.165) is 27.9 Å². The van der Waals surface area contributed by atoms with E-state index in [1.807, 2.05) is 58.0 Å². The number of aryl methyl sites for hydroxylation is 5. The fraction of sp³-hybridized carbons (Fsp3) is 0.192. The van der Waals surface area contributed by atoms with Crippen molar-refractivity contribution in [1.29, 1.82) is 0 Å². The lowest BCUT2D eigenvalue weighted by molar-refractivity contribution is 0.102. The Bertz CT molecular complexity index is 1670. The molecule has 9 heteroatoms. The number of aromatic amines is 1. The molecule has 0 radical (unpaired) electrons. The Balaban J connectivity index is 1.58. The lowest BCUT2D eigenvalue weighted by atomic mass is 10.1. The average molecular weight is 468 g/mol. The predicted molar refractivity (Wildman–Crippen MR) is 135 cm³/mol. The standard InChI is InChI=1S/C26H25N7O2/c1-14-6-8-19(10-16(14)3)24(34)28-22-12-18(5)31-33(22)26-29-23-21(25(35)30-26)13-27-32(23)20-9-7-15(2)17(4)11-20/h6-13H,1-5H3,(H,28,34)(H,29,30,35). The first-order valence-corrected chi connectivity index (χ1v) is 11.2. The van der Waals surface area contributed by atoms with E-state index in [1.54, 1.807) is 23.7 Å². The summed E-state index contributed by atoms with van der Waals surface area (Å²) in [6, 6.07) is 13.2. The van der Waals surface area contributed by atoms with Crippen LogP contribution in [0.15, 0.2) is 53.5 Å². The first-order valence-electron chi connectivity index (χ1n) is 11.2. The number of carbonyl (C=O) groups excluding carboxylic acids is 1. The minimum Gasteiger partial charge on any atom is -0.306 e. The highest BCUT2D eigenvalue weighted by atomic mass is 16.2. The maximum absolute atomic E-state index is 12.9. The lowest BCUT2D eigenvalue weighted by Gasteiger charge is -2.10. The summed E-state index contributed by atoms with van der Waals surface area (Å²) < 4.78 is 3.05. The summed E-state index contributed by atoms with van der Waals surface area (Å²) in [7, 11) is 0. The number of hydrogen-bond acceptors (Lipinski definition) is 5. The van der Waals surface area contributed by atoms with Crippen LogP contribution in [0.5, 0.6) is 0 Å². The Morgan fingerprint density at radius 1 is 0.886 bits per heavy atom. The Kier molecular flexibility index (Phi) is 5.32. The summed E-state index contributed by atoms with van der Waals surface area (Å²) in [6.07, 6.45) is 1.50. The van der Waals surface area contributed by atoms with E-state index in [9.17, 15) is 9.59 Å².